The van der Waals surface area contributed by atoms with Crippen LogP contribution in [0.3, 0.4) is 0 Å². The first-order valence-electron chi connectivity index (χ1n) is 6.51. The van der Waals surface area contributed by atoms with Crippen LogP contribution in [0, 0.1) is 5.92 Å². The second-order valence-electron chi connectivity index (χ2n) is 5.14. The molecule has 0 amide bonds. The van der Waals surface area contributed by atoms with Gasteiger partial charge in [-0.25, -0.2) is 4.57 Å². The Morgan fingerprint density at radius 3 is 2.95 bits per heavy atom. The zero-order valence-corrected chi connectivity index (χ0v) is 11.5. The highest BCUT2D eigenvalue weighted by molar-refractivity contribution is 7.48. The molecule has 2 fully saturated rings. The number of fused-ring (bicyclic) bond motifs is 1. The summed E-state index contributed by atoms with van der Waals surface area (Å²) in [6.45, 7) is 2.55. The maximum atomic E-state index is 13.3. The van der Waals surface area contributed by atoms with Crippen molar-refractivity contribution in [2.24, 2.45) is 5.92 Å². The van der Waals surface area contributed by atoms with E-state index in [2.05, 4.69) is 21.6 Å². The quantitative estimate of drug-likeness (QED) is 0.783. The van der Waals surface area contributed by atoms with E-state index in [1.807, 2.05) is 18.2 Å². The smallest absolute Gasteiger partial charge is 0.296 e. The maximum absolute atomic E-state index is 13.3. The Labute approximate surface area is 112 Å². The van der Waals surface area contributed by atoms with E-state index >= 15 is 0 Å². The molecule has 0 aliphatic carbocycles. The summed E-state index contributed by atoms with van der Waals surface area (Å²) in [5, 5.41) is 0. The van der Waals surface area contributed by atoms with Gasteiger partial charge in [0.15, 0.2) is 0 Å². The standard InChI is InChI=1S/C13H17FNO3P/c14-19(16)17-10-12-6-7-15(9-13(12)18-19)8-11-4-2-1-3-5-11/h1-5,12-13H,6-10H2/t12-,13+,19?/m1/s1. The minimum Gasteiger partial charge on any atom is -0.296 e. The van der Waals surface area contributed by atoms with Crippen LogP contribution in [-0.4, -0.2) is 30.7 Å². The average molecular weight is 285 g/mol. The van der Waals surface area contributed by atoms with Crippen LogP contribution in [-0.2, 0) is 20.2 Å². The van der Waals surface area contributed by atoms with E-state index < -0.39 is 7.91 Å². The van der Waals surface area contributed by atoms with Crippen molar-refractivity contribution in [3.8, 4) is 0 Å². The number of benzene rings is 1. The second kappa shape index (κ2) is 5.33. The van der Waals surface area contributed by atoms with Gasteiger partial charge in [-0.15, -0.1) is 4.20 Å². The summed E-state index contributed by atoms with van der Waals surface area (Å²) >= 11 is 0. The molecule has 0 aromatic heterocycles. The Morgan fingerprint density at radius 2 is 2.16 bits per heavy atom. The first kappa shape index (κ1) is 13.3. The van der Waals surface area contributed by atoms with E-state index in [4.69, 9.17) is 4.52 Å². The minimum absolute atomic E-state index is 0.157. The topological polar surface area (TPSA) is 38.8 Å². The van der Waals surface area contributed by atoms with Gasteiger partial charge in [-0.3, -0.25) is 13.9 Å². The zero-order valence-electron chi connectivity index (χ0n) is 10.6. The van der Waals surface area contributed by atoms with Crippen molar-refractivity contribution in [1.82, 2.24) is 4.90 Å². The maximum Gasteiger partial charge on any atom is 0.513 e. The van der Waals surface area contributed by atoms with E-state index in [1.54, 1.807) is 0 Å². The summed E-state index contributed by atoms with van der Waals surface area (Å²) in [4.78, 5) is 2.21. The lowest BCUT2D eigenvalue weighted by Crippen LogP contribution is -2.47. The van der Waals surface area contributed by atoms with Gasteiger partial charge in [0.25, 0.3) is 0 Å². The molecule has 6 heteroatoms. The highest BCUT2D eigenvalue weighted by Crippen LogP contribution is 2.55. The molecule has 3 rings (SSSR count). The van der Waals surface area contributed by atoms with Gasteiger partial charge in [0.1, 0.15) is 0 Å². The fourth-order valence-electron chi connectivity index (χ4n) is 2.70. The Kier molecular flexibility index (Phi) is 3.72. The molecule has 2 saturated heterocycles. The van der Waals surface area contributed by atoms with Crippen molar-refractivity contribution in [1.29, 1.82) is 0 Å². The van der Waals surface area contributed by atoms with Crippen LogP contribution in [0.15, 0.2) is 30.3 Å². The molecule has 19 heavy (non-hydrogen) atoms. The van der Waals surface area contributed by atoms with E-state index in [0.29, 0.717) is 6.54 Å². The molecule has 1 aromatic rings. The largest absolute Gasteiger partial charge is 0.513 e. The molecule has 0 N–H and O–H groups in total. The molecule has 1 aromatic carbocycles. The molecule has 0 radical (unpaired) electrons. The lowest BCUT2D eigenvalue weighted by Gasteiger charge is -2.40. The van der Waals surface area contributed by atoms with Crippen molar-refractivity contribution in [2.45, 2.75) is 19.1 Å². The highest BCUT2D eigenvalue weighted by Gasteiger charge is 2.42. The molecule has 4 nitrogen and oxygen atoms in total. The van der Waals surface area contributed by atoms with Crippen molar-refractivity contribution in [2.75, 3.05) is 19.7 Å². The van der Waals surface area contributed by atoms with Crippen molar-refractivity contribution in [3.63, 3.8) is 0 Å². The molecule has 2 aliphatic rings. The average Bonchev–Trinajstić information content (AvgIpc) is 2.38. The molecular weight excluding hydrogens is 268 g/mol. The summed E-state index contributed by atoms with van der Waals surface area (Å²) in [5.74, 6) is 0.157. The number of likely N-dealkylation sites (tertiary alicyclic amines) is 1. The summed E-state index contributed by atoms with van der Waals surface area (Å²) in [5.41, 5.74) is 1.22. The lowest BCUT2D eigenvalue weighted by atomic mass is 9.94. The van der Waals surface area contributed by atoms with E-state index in [9.17, 15) is 8.76 Å². The van der Waals surface area contributed by atoms with Gasteiger partial charge in [-0.05, 0) is 18.5 Å². The number of piperidine rings is 1. The van der Waals surface area contributed by atoms with E-state index in [1.165, 1.54) is 5.56 Å². The van der Waals surface area contributed by atoms with Crippen LogP contribution in [0.5, 0.6) is 0 Å². The van der Waals surface area contributed by atoms with E-state index in [-0.39, 0.29) is 18.6 Å². The molecule has 2 heterocycles. The Balaban J connectivity index is 1.63. The van der Waals surface area contributed by atoms with Crippen LogP contribution < -0.4 is 0 Å². The number of hydrogen-bond donors (Lipinski definition) is 0. The molecule has 3 atom stereocenters. The van der Waals surface area contributed by atoms with Crippen molar-refractivity contribution >= 4 is 7.91 Å². The number of halogens is 1. The van der Waals surface area contributed by atoms with Gasteiger partial charge < -0.3 is 0 Å². The Bertz CT molecular complexity index is 484. The molecule has 104 valence electrons. The third-order valence-corrected chi connectivity index (χ3v) is 4.71. The third-order valence-electron chi connectivity index (χ3n) is 3.73. The zero-order chi connectivity index (χ0) is 13.3. The van der Waals surface area contributed by atoms with Crippen LogP contribution in [0.4, 0.5) is 4.20 Å². The molecular formula is C13H17FNO3P. The number of hydrogen-bond acceptors (Lipinski definition) is 4. The number of nitrogens with zero attached hydrogens (tertiary/aromatic N) is 1. The normalized spacial score (nSPS) is 35.8. The monoisotopic (exact) mass is 285 g/mol. The summed E-state index contributed by atoms with van der Waals surface area (Å²) < 4.78 is 34.1. The first-order chi connectivity index (χ1) is 9.12. The Morgan fingerprint density at radius 1 is 1.37 bits per heavy atom. The predicted octanol–water partition coefficient (Wildman–Crippen LogP) is 3.00. The van der Waals surface area contributed by atoms with Gasteiger partial charge in [0, 0.05) is 19.0 Å². The predicted molar refractivity (Wildman–Crippen MR) is 69.4 cm³/mol. The third kappa shape index (κ3) is 3.23. The van der Waals surface area contributed by atoms with Gasteiger partial charge in [-0.1, -0.05) is 30.3 Å². The SMILES string of the molecule is O=P1(F)OC[C@H]2CCN(Cc3ccccc3)C[C@@H]2O1. The van der Waals surface area contributed by atoms with Crippen LogP contribution in [0.25, 0.3) is 0 Å². The fourth-order valence-corrected chi connectivity index (χ4v) is 3.69. The molecule has 2 aliphatic heterocycles. The fraction of sp³-hybridized carbons (Fsp3) is 0.538. The van der Waals surface area contributed by atoms with Crippen LogP contribution in [0.2, 0.25) is 0 Å². The van der Waals surface area contributed by atoms with Gasteiger partial charge in [0.2, 0.25) is 0 Å². The molecule has 0 spiro atoms. The summed E-state index contributed by atoms with van der Waals surface area (Å²) in [6, 6.07) is 10.1. The molecule has 0 saturated carbocycles. The highest BCUT2D eigenvalue weighted by atomic mass is 31.2. The van der Waals surface area contributed by atoms with E-state index in [0.717, 1.165) is 19.5 Å². The van der Waals surface area contributed by atoms with Crippen molar-refractivity contribution < 1.29 is 17.8 Å². The Hall–Kier alpha value is -0.740. The summed E-state index contributed by atoms with van der Waals surface area (Å²) in [7, 11) is -4.31. The first-order valence-corrected chi connectivity index (χ1v) is 7.95. The van der Waals surface area contributed by atoms with Gasteiger partial charge in [-0.2, -0.15) is 0 Å². The van der Waals surface area contributed by atoms with Crippen molar-refractivity contribution in [3.05, 3.63) is 35.9 Å². The van der Waals surface area contributed by atoms with Crippen LogP contribution >= 0.6 is 7.91 Å². The number of rotatable bonds is 2. The molecule has 0 bridgehead atoms. The molecule has 1 unspecified atom stereocenters. The minimum atomic E-state index is -4.31. The van der Waals surface area contributed by atoms with Gasteiger partial charge >= 0.3 is 7.91 Å². The van der Waals surface area contributed by atoms with Crippen LogP contribution in [0.1, 0.15) is 12.0 Å². The second-order valence-corrected chi connectivity index (χ2v) is 6.47. The lowest BCUT2D eigenvalue weighted by molar-refractivity contribution is -0.0378. The summed E-state index contributed by atoms with van der Waals surface area (Å²) in [6.07, 6.45) is 0.569. The van der Waals surface area contributed by atoms with Gasteiger partial charge in [0.05, 0.1) is 12.7 Å².